The summed E-state index contributed by atoms with van der Waals surface area (Å²) in [5.74, 6) is 11.4. The number of ether oxygens (including phenoxy) is 2. The number of allylic oxidation sites excluding steroid dienone is 1. The summed E-state index contributed by atoms with van der Waals surface area (Å²) in [5.41, 5.74) is 13.4. The van der Waals surface area contributed by atoms with Crippen LogP contribution in [0.3, 0.4) is 0 Å². The number of ketones is 1. The van der Waals surface area contributed by atoms with Crippen molar-refractivity contribution in [2.75, 3.05) is 12.3 Å². The molecule has 2 aliphatic carbocycles. The Kier molecular flexibility index (Phi) is 11.0. The van der Waals surface area contributed by atoms with Gasteiger partial charge < -0.3 is 45.2 Å². The average molecular weight is 861 g/mol. The number of carbonyl (C=O) groups is 1. The Bertz CT molecular complexity index is 2540. The molecule has 318 valence electrons. The highest BCUT2D eigenvalue weighted by molar-refractivity contribution is 8.76. The second-order valence-corrected chi connectivity index (χ2v) is 20.4. The fraction of sp³-hybridized carbons (Fsp3) is 0.479. The van der Waals surface area contributed by atoms with Crippen LogP contribution in [0, 0.1) is 47.0 Å². The highest BCUT2D eigenvalue weighted by atomic mass is 33.1. The highest BCUT2D eigenvalue weighted by Crippen LogP contribution is 2.53. The van der Waals surface area contributed by atoms with E-state index in [2.05, 4.69) is 57.3 Å². The Labute approximate surface area is 363 Å². The van der Waals surface area contributed by atoms with Gasteiger partial charge in [0.25, 0.3) is 0 Å². The largest absolute Gasteiger partial charge is 0.508 e. The molecule has 0 unspecified atom stereocenters. The van der Waals surface area contributed by atoms with Crippen molar-refractivity contribution in [3.63, 3.8) is 0 Å². The Balaban J connectivity index is 1.12. The summed E-state index contributed by atoms with van der Waals surface area (Å²) in [4.78, 5) is 17.1. The number of fused-ring (bicyclic) bond motifs is 4. The standard InChI is InChI=1S/C48H52N4O7S2/c1-26-4-6-32(40(55)16-26)41(56)18-29(53)5-7-31-36-25-61-60-24-28-21-51-46(49)33-9-8-30-34(44(28)33)17-27-20-50-38-23-52(22-35(27)38)47-37(10-11-39(30)54)48(12-2-3-13-48)14-15-58-43(19-42(31)57)45(36)59-47/h4,6,8-9,19-20,22-23,26,28,32,37,39-41,46-47,50-51,54-57H,2-3,5,7,12-13,16-18,21,24-25,49H2,1H3/t26-,28+,32-,37+,39-,40-,41+,46+,47+/m1/s1. The smallest absolute Gasteiger partial charge is 0.191 e. The molecule has 0 amide bonds. The topological polar surface area (TPSA) is 175 Å². The Morgan fingerprint density at radius 3 is 2.79 bits per heavy atom. The van der Waals surface area contributed by atoms with E-state index in [1.54, 1.807) is 27.7 Å². The van der Waals surface area contributed by atoms with E-state index in [9.17, 15) is 25.2 Å². The molecule has 61 heavy (non-hydrogen) atoms. The number of nitrogens with two attached hydrogens (primary N) is 1. The van der Waals surface area contributed by atoms with Gasteiger partial charge in [0.2, 0.25) is 0 Å². The van der Waals surface area contributed by atoms with Crippen LogP contribution in [0.25, 0.3) is 10.9 Å². The number of phenolic OH excluding ortho intramolecular Hbond substituents is 1. The zero-order chi connectivity index (χ0) is 42.0. The fourth-order valence-electron chi connectivity index (χ4n) is 10.7. The number of Topliss-reactive ketones (excluding diaryl/α,β-unsaturated/α-hetero) is 1. The average Bonchev–Trinajstić information content (AvgIpc) is 3.98. The van der Waals surface area contributed by atoms with E-state index in [1.807, 2.05) is 31.2 Å². The van der Waals surface area contributed by atoms with Gasteiger partial charge in [0.15, 0.2) is 17.7 Å². The van der Waals surface area contributed by atoms with Crippen LogP contribution in [0.1, 0.15) is 115 Å². The minimum Gasteiger partial charge on any atom is -0.508 e. The molecule has 1 spiro atoms. The molecule has 0 radical (unpaired) electrons. The van der Waals surface area contributed by atoms with E-state index in [0.29, 0.717) is 42.0 Å². The second-order valence-electron chi connectivity index (χ2n) is 17.9. The van der Waals surface area contributed by atoms with Crippen LogP contribution in [0.15, 0.2) is 48.9 Å². The molecule has 8 N–H and O–H groups in total. The Hall–Kier alpha value is -4.31. The third-order valence-electron chi connectivity index (χ3n) is 14.0. The molecule has 4 aromatic rings. The number of carbonyl (C=O) groups excluding carboxylic acids is 1. The number of rotatable bonds is 6. The number of aromatic amines is 1. The molecule has 13 heteroatoms. The van der Waals surface area contributed by atoms with E-state index in [-0.39, 0.29) is 54.5 Å². The van der Waals surface area contributed by atoms with Crippen LogP contribution in [0.2, 0.25) is 0 Å². The normalized spacial score (nSPS) is 28.9. The predicted molar refractivity (Wildman–Crippen MR) is 237 cm³/mol. The summed E-state index contributed by atoms with van der Waals surface area (Å²) in [5, 5.41) is 50.3. The quantitative estimate of drug-likeness (QED) is 0.0618. The van der Waals surface area contributed by atoms with Crippen molar-refractivity contribution in [3.05, 3.63) is 87.9 Å². The SMILES string of the molecule is C[C@@H]1C=C[C@@H]([C@@H](O)CC(=O)CCc2c(O)cc3c4c2CSSC[C@@H]2CN[C@H](N)c5ccc6c(c52)Cc2c[nH]c5cn(cc25)[C@@H](O4)[C@H](C#C[C@H]6O)C2(C#CO3)CCCC2)[C@H](O)C1. The number of H-pyrrole nitrogens is 1. The van der Waals surface area contributed by atoms with Gasteiger partial charge in [0, 0.05) is 90.3 Å². The molecule has 1 fully saturated rings. The molecule has 7 heterocycles. The van der Waals surface area contributed by atoms with Gasteiger partial charge in [-0.05, 0) is 59.4 Å². The molecular formula is C48H52N4O7S2. The molecule has 9 atom stereocenters. The van der Waals surface area contributed by atoms with Crippen molar-refractivity contribution < 1.29 is 34.7 Å². The minimum absolute atomic E-state index is 0.0251. The lowest BCUT2D eigenvalue weighted by atomic mass is 9.73. The summed E-state index contributed by atoms with van der Waals surface area (Å²) in [6, 6.07) is 5.59. The van der Waals surface area contributed by atoms with Gasteiger partial charge in [0.05, 0.1) is 35.2 Å². The molecule has 7 aliphatic rings. The molecule has 8 bridgehead atoms. The second kappa shape index (κ2) is 16.4. The maximum absolute atomic E-state index is 13.6. The van der Waals surface area contributed by atoms with Gasteiger partial charge >= 0.3 is 0 Å². The van der Waals surface area contributed by atoms with Crippen molar-refractivity contribution >= 4 is 38.3 Å². The van der Waals surface area contributed by atoms with E-state index in [1.165, 1.54) is 0 Å². The van der Waals surface area contributed by atoms with Crippen LogP contribution in [0.4, 0.5) is 0 Å². The van der Waals surface area contributed by atoms with E-state index in [0.717, 1.165) is 70.2 Å². The third kappa shape index (κ3) is 7.46. The first-order valence-electron chi connectivity index (χ1n) is 21.6. The Morgan fingerprint density at radius 1 is 1.11 bits per heavy atom. The number of phenols is 1. The maximum atomic E-state index is 13.6. The van der Waals surface area contributed by atoms with Gasteiger partial charge in [0.1, 0.15) is 23.7 Å². The molecule has 2 aromatic heterocycles. The summed E-state index contributed by atoms with van der Waals surface area (Å²) in [6.45, 7) is 2.68. The maximum Gasteiger partial charge on any atom is 0.191 e. The van der Waals surface area contributed by atoms with Crippen LogP contribution in [-0.2, 0) is 23.4 Å². The number of aromatic hydroxyl groups is 1. The summed E-state index contributed by atoms with van der Waals surface area (Å²) >= 11 is 0. The van der Waals surface area contributed by atoms with E-state index in [4.69, 9.17) is 15.2 Å². The van der Waals surface area contributed by atoms with Gasteiger partial charge in [-0.2, -0.15) is 0 Å². The lowest BCUT2D eigenvalue weighted by Gasteiger charge is -2.36. The number of hydrogen-bond acceptors (Lipinski definition) is 11. The molecule has 0 saturated heterocycles. The number of aromatic nitrogens is 2. The first-order chi connectivity index (χ1) is 29.6. The molecule has 5 aliphatic heterocycles. The van der Waals surface area contributed by atoms with Crippen LogP contribution in [0.5, 0.6) is 17.2 Å². The summed E-state index contributed by atoms with van der Waals surface area (Å²) in [7, 11) is 3.36. The van der Waals surface area contributed by atoms with Crippen molar-refractivity contribution in [1.82, 2.24) is 14.9 Å². The zero-order valence-corrected chi connectivity index (χ0v) is 35.8. The van der Waals surface area contributed by atoms with Crippen molar-refractivity contribution in [3.8, 4) is 41.1 Å². The van der Waals surface area contributed by atoms with E-state index < -0.39 is 41.8 Å². The van der Waals surface area contributed by atoms with Gasteiger partial charge in [-0.25, -0.2) is 0 Å². The number of aliphatic hydroxyl groups excluding tert-OH is 3. The van der Waals surface area contributed by atoms with Crippen LogP contribution >= 0.6 is 21.6 Å². The number of nitrogens with one attached hydrogen (secondary N) is 2. The third-order valence-corrected chi connectivity index (χ3v) is 16.4. The van der Waals surface area contributed by atoms with Gasteiger partial charge in [-0.3, -0.25) is 10.1 Å². The van der Waals surface area contributed by atoms with Gasteiger partial charge in [-0.1, -0.05) is 83.4 Å². The van der Waals surface area contributed by atoms with E-state index >= 15 is 0 Å². The molecular weight excluding hydrogens is 809 g/mol. The minimum atomic E-state index is -1.08. The van der Waals surface area contributed by atoms with Crippen LogP contribution in [-0.4, -0.2) is 60.3 Å². The number of aliphatic hydroxyl groups is 3. The lowest BCUT2D eigenvalue weighted by molar-refractivity contribution is -0.122. The summed E-state index contributed by atoms with van der Waals surface area (Å²) < 4.78 is 15.7. The predicted octanol–water partition coefficient (Wildman–Crippen LogP) is 6.79. The molecule has 1 saturated carbocycles. The van der Waals surface area contributed by atoms with Gasteiger partial charge in [-0.15, -0.1) is 0 Å². The fourth-order valence-corrected chi connectivity index (χ4v) is 13.2. The van der Waals surface area contributed by atoms with Crippen molar-refractivity contribution in [2.24, 2.45) is 28.9 Å². The molecule has 11 rings (SSSR count). The van der Waals surface area contributed by atoms with Crippen molar-refractivity contribution in [1.29, 1.82) is 0 Å². The number of benzene rings is 2. The van der Waals surface area contributed by atoms with Crippen LogP contribution < -0.4 is 20.5 Å². The lowest BCUT2D eigenvalue weighted by Crippen LogP contribution is -2.39. The highest BCUT2D eigenvalue weighted by Gasteiger charge is 2.47. The summed E-state index contributed by atoms with van der Waals surface area (Å²) in [6.07, 6.45) is 14.0. The first kappa shape index (κ1) is 40.7. The monoisotopic (exact) mass is 860 g/mol. The first-order valence-corrected chi connectivity index (χ1v) is 24.1. The Morgan fingerprint density at radius 2 is 1.95 bits per heavy atom. The number of hydrogen-bond donors (Lipinski definition) is 7. The molecule has 2 aromatic carbocycles. The zero-order valence-electron chi connectivity index (χ0n) is 34.2. The molecule has 11 nitrogen and oxygen atoms in total. The van der Waals surface area contributed by atoms with Crippen molar-refractivity contribution in [2.45, 2.75) is 107 Å². The number of nitrogens with zero attached hydrogens (tertiary/aromatic N) is 1.